The van der Waals surface area contributed by atoms with Gasteiger partial charge in [-0.1, -0.05) is 26.7 Å². The van der Waals surface area contributed by atoms with Crippen molar-refractivity contribution in [3.05, 3.63) is 0 Å². The summed E-state index contributed by atoms with van der Waals surface area (Å²) in [5.74, 6) is -0.409. The molecule has 2 aliphatic carbocycles. The largest absolute Gasteiger partial charge is 0.444 e. The highest BCUT2D eigenvalue weighted by atomic mass is 16.6. The van der Waals surface area contributed by atoms with Crippen molar-refractivity contribution in [3.63, 3.8) is 0 Å². The van der Waals surface area contributed by atoms with E-state index in [1.807, 2.05) is 13.8 Å². The van der Waals surface area contributed by atoms with E-state index < -0.39 is 23.2 Å². The van der Waals surface area contributed by atoms with Crippen molar-refractivity contribution in [1.29, 1.82) is 0 Å². The Balaban J connectivity index is 1.58. The maximum absolute atomic E-state index is 13.8. The molecule has 8 heteroatoms. The first-order valence-electron chi connectivity index (χ1n) is 12.2. The van der Waals surface area contributed by atoms with E-state index in [2.05, 4.69) is 5.32 Å². The van der Waals surface area contributed by atoms with E-state index in [1.165, 1.54) is 4.90 Å². The third-order valence-electron chi connectivity index (χ3n) is 7.75. The zero-order valence-electron chi connectivity index (χ0n) is 20.0. The lowest BCUT2D eigenvalue weighted by atomic mass is 9.64. The van der Waals surface area contributed by atoms with Crippen LogP contribution in [-0.2, 0) is 19.1 Å². The average molecular weight is 448 g/mol. The number of rotatable bonds is 5. The second-order valence-corrected chi connectivity index (χ2v) is 11.1. The third-order valence-corrected chi connectivity index (χ3v) is 7.75. The van der Waals surface area contributed by atoms with Crippen molar-refractivity contribution in [1.82, 2.24) is 15.1 Å². The summed E-state index contributed by atoms with van der Waals surface area (Å²) in [6.07, 6.45) is 4.80. The second kappa shape index (κ2) is 8.03. The SMILES string of the molecule is CC[C@@H](C)[C@H](NC(=O)OC(C)(C)C)C(=O)N1CC[C@@H]2[C@H]1C1(CCC1)C(=O)N2C(=O)C1CC1. The Morgan fingerprint density at radius 1 is 1.19 bits per heavy atom. The quantitative estimate of drug-likeness (QED) is 0.654. The Kier molecular flexibility index (Phi) is 5.78. The van der Waals surface area contributed by atoms with Crippen LogP contribution in [0.25, 0.3) is 0 Å². The third kappa shape index (κ3) is 3.79. The van der Waals surface area contributed by atoms with Crippen LogP contribution >= 0.6 is 0 Å². The minimum absolute atomic E-state index is 0.0266. The van der Waals surface area contributed by atoms with Crippen LogP contribution in [0.3, 0.4) is 0 Å². The number of nitrogens with zero attached hydrogens (tertiary/aromatic N) is 2. The predicted octanol–water partition coefficient (Wildman–Crippen LogP) is 2.84. The number of carbonyl (C=O) groups is 4. The van der Waals surface area contributed by atoms with Crippen molar-refractivity contribution in [2.75, 3.05) is 6.54 Å². The molecule has 4 atom stereocenters. The number of alkyl carbamates (subject to hydrolysis) is 1. The molecule has 0 aromatic rings. The lowest BCUT2D eigenvalue weighted by molar-refractivity contribution is -0.152. The molecule has 2 heterocycles. The zero-order chi connectivity index (χ0) is 23.4. The summed E-state index contributed by atoms with van der Waals surface area (Å²) in [5.41, 5.74) is -1.29. The summed E-state index contributed by atoms with van der Waals surface area (Å²) in [4.78, 5) is 56.0. The van der Waals surface area contributed by atoms with Crippen LogP contribution < -0.4 is 5.32 Å². The minimum Gasteiger partial charge on any atom is -0.444 e. The van der Waals surface area contributed by atoms with Gasteiger partial charge in [-0.3, -0.25) is 19.3 Å². The van der Waals surface area contributed by atoms with Gasteiger partial charge in [-0.2, -0.15) is 0 Å². The van der Waals surface area contributed by atoms with Crippen LogP contribution in [0, 0.1) is 17.3 Å². The van der Waals surface area contributed by atoms with Crippen LogP contribution in [0.15, 0.2) is 0 Å². The summed E-state index contributed by atoms with van der Waals surface area (Å²) in [6.45, 7) is 9.78. The van der Waals surface area contributed by atoms with Crippen molar-refractivity contribution in [3.8, 4) is 0 Å². The van der Waals surface area contributed by atoms with E-state index in [0.29, 0.717) is 19.4 Å². The molecular formula is C24H37N3O5. The number of imide groups is 1. The molecule has 178 valence electrons. The van der Waals surface area contributed by atoms with E-state index in [1.54, 1.807) is 25.7 Å². The highest BCUT2D eigenvalue weighted by Crippen LogP contribution is 2.56. The number of hydrogen-bond acceptors (Lipinski definition) is 5. The molecule has 2 saturated carbocycles. The first-order chi connectivity index (χ1) is 15.0. The van der Waals surface area contributed by atoms with E-state index in [0.717, 1.165) is 32.1 Å². The number of fused-ring (bicyclic) bond motifs is 2. The Morgan fingerprint density at radius 2 is 1.84 bits per heavy atom. The molecule has 4 amide bonds. The second-order valence-electron chi connectivity index (χ2n) is 11.1. The first kappa shape index (κ1) is 23.1. The number of ether oxygens (including phenoxy) is 1. The van der Waals surface area contributed by atoms with Crippen LogP contribution in [0.2, 0.25) is 0 Å². The Bertz CT molecular complexity index is 811. The van der Waals surface area contributed by atoms with Crippen molar-refractivity contribution in [2.24, 2.45) is 17.3 Å². The molecule has 2 saturated heterocycles. The normalized spacial score (nSPS) is 28.2. The monoisotopic (exact) mass is 447 g/mol. The number of hydrogen-bond donors (Lipinski definition) is 1. The number of likely N-dealkylation sites (tertiary alicyclic amines) is 2. The topological polar surface area (TPSA) is 96.0 Å². The van der Waals surface area contributed by atoms with E-state index >= 15 is 0 Å². The van der Waals surface area contributed by atoms with Crippen LogP contribution in [0.5, 0.6) is 0 Å². The van der Waals surface area contributed by atoms with Gasteiger partial charge in [0.2, 0.25) is 17.7 Å². The van der Waals surface area contributed by atoms with Gasteiger partial charge in [0.25, 0.3) is 0 Å². The van der Waals surface area contributed by atoms with Gasteiger partial charge in [0.15, 0.2) is 0 Å². The lowest BCUT2D eigenvalue weighted by Gasteiger charge is -2.44. The van der Waals surface area contributed by atoms with Crippen molar-refractivity contribution < 1.29 is 23.9 Å². The summed E-state index contributed by atoms with van der Waals surface area (Å²) >= 11 is 0. The molecule has 0 aromatic heterocycles. The molecule has 1 N–H and O–H groups in total. The maximum atomic E-state index is 13.8. The lowest BCUT2D eigenvalue weighted by Crippen LogP contribution is -2.58. The fraction of sp³-hybridized carbons (Fsp3) is 0.833. The standard InChI is InChI=1S/C24H37N3O5/c1-6-14(2)17(25-22(31)32-23(3,4)5)20(29)26-13-10-16-18(26)24(11-7-12-24)21(30)27(16)19(28)15-8-9-15/h14-18H,6-13H2,1-5H3,(H,25,31)/t14-,16-,17+,18+/m1/s1. The average Bonchev–Trinajstić information content (AvgIpc) is 3.38. The van der Waals surface area contributed by atoms with Gasteiger partial charge < -0.3 is 15.0 Å². The maximum Gasteiger partial charge on any atom is 0.408 e. The van der Waals surface area contributed by atoms with Gasteiger partial charge in [-0.25, -0.2) is 4.79 Å². The highest BCUT2D eigenvalue weighted by molar-refractivity contribution is 6.04. The molecule has 1 spiro atoms. The fourth-order valence-corrected chi connectivity index (χ4v) is 5.63. The molecule has 4 rings (SSSR count). The van der Waals surface area contributed by atoms with Gasteiger partial charge in [0.05, 0.1) is 17.5 Å². The van der Waals surface area contributed by atoms with Gasteiger partial charge >= 0.3 is 6.09 Å². The van der Waals surface area contributed by atoms with Gasteiger partial charge in [0, 0.05) is 12.5 Å². The molecule has 8 nitrogen and oxygen atoms in total. The van der Waals surface area contributed by atoms with E-state index in [-0.39, 0.29) is 41.6 Å². The van der Waals surface area contributed by atoms with Gasteiger partial charge in [-0.15, -0.1) is 0 Å². The Morgan fingerprint density at radius 3 is 2.34 bits per heavy atom. The first-order valence-corrected chi connectivity index (χ1v) is 12.2. The molecule has 0 bridgehead atoms. The molecule has 0 aromatic carbocycles. The Labute approximate surface area is 190 Å². The predicted molar refractivity (Wildman–Crippen MR) is 117 cm³/mol. The van der Waals surface area contributed by atoms with E-state index in [9.17, 15) is 19.2 Å². The Hall–Kier alpha value is -2.12. The summed E-state index contributed by atoms with van der Waals surface area (Å²) in [7, 11) is 0. The van der Waals surface area contributed by atoms with Gasteiger partial charge in [0.1, 0.15) is 11.6 Å². The number of amides is 4. The van der Waals surface area contributed by atoms with Crippen LogP contribution in [-0.4, -0.2) is 63.9 Å². The summed E-state index contributed by atoms with van der Waals surface area (Å²) in [6, 6.07) is -1.25. The fourth-order valence-electron chi connectivity index (χ4n) is 5.63. The van der Waals surface area contributed by atoms with E-state index in [4.69, 9.17) is 4.74 Å². The molecule has 2 aliphatic heterocycles. The van der Waals surface area contributed by atoms with Crippen molar-refractivity contribution in [2.45, 2.75) is 103 Å². The van der Waals surface area contributed by atoms with Crippen LogP contribution in [0.4, 0.5) is 4.79 Å². The number of carbonyl (C=O) groups excluding carboxylic acids is 4. The summed E-state index contributed by atoms with van der Waals surface area (Å²) < 4.78 is 5.41. The smallest absolute Gasteiger partial charge is 0.408 e. The summed E-state index contributed by atoms with van der Waals surface area (Å²) in [5, 5.41) is 2.80. The van der Waals surface area contributed by atoms with Gasteiger partial charge in [-0.05, 0) is 58.8 Å². The van der Waals surface area contributed by atoms with Crippen molar-refractivity contribution >= 4 is 23.8 Å². The molecule has 4 fully saturated rings. The molecule has 0 unspecified atom stereocenters. The minimum atomic E-state index is -0.728. The highest BCUT2D eigenvalue weighted by Gasteiger charge is 2.68. The number of nitrogens with one attached hydrogen (secondary N) is 1. The zero-order valence-corrected chi connectivity index (χ0v) is 20.0. The molecular weight excluding hydrogens is 410 g/mol. The molecule has 4 aliphatic rings. The molecule has 32 heavy (non-hydrogen) atoms. The van der Waals surface area contributed by atoms with Crippen LogP contribution in [0.1, 0.15) is 79.6 Å². The molecule has 0 radical (unpaired) electrons.